The van der Waals surface area contributed by atoms with Crippen molar-refractivity contribution >= 4 is 31.9 Å². The topological polar surface area (TPSA) is 75.1 Å². The molecule has 0 aliphatic carbocycles. The summed E-state index contributed by atoms with van der Waals surface area (Å²) in [7, 11) is 0. The Morgan fingerprint density at radius 3 is 2.63 bits per heavy atom. The molecule has 0 bridgehead atoms. The standard InChI is InChI=1S/C12H10Br2N2O3/c1-2-7-10(17)15-12(19)16(11(7)18)9-5-6(13)3-4-8(9)14/h3-5,18H,2H2,1H3,(H,15,17,19). The van der Waals surface area contributed by atoms with Crippen molar-refractivity contribution in [3.05, 3.63) is 53.5 Å². The average molecular weight is 390 g/mol. The maximum Gasteiger partial charge on any atom is 0.335 e. The fourth-order valence-electron chi connectivity index (χ4n) is 1.76. The van der Waals surface area contributed by atoms with Crippen LogP contribution in [0.4, 0.5) is 0 Å². The van der Waals surface area contributed by atoms with Crippen molar-refractivity contribution in [1.82, 2.24) is 9.55 Å². The van der Waals surface area contributed by atoms with Crippen molar-refractivity contribution in [2.24, 2.45) is 0 Å². The zero-order chi connectivity index (χ0) is 14.2. The third kappa shape index (κ3) is 2.52. The highest BCUT2D eigenvalue weighted by molar-refractivity contribution is 9.11. The molecule has 5 nitrogen and oxygen atoms in total. The van der Waals surface area contributed by atoms with Gasteiger partial charge in [-0.05, 0) is 40.5 Å². The first-order valence-electron chi connectivity index (χ1n) is 5.48. The fraction of sp³-hybridized carbons (Fsp3) is 0.167. The van der Waals surface area contributed by atoms with Gasteiger partial charge in [-0.25, -0.2) is 9.36 Å². The second-order valence-corrected chi connectivity index (χ2v) is 5.62. The van der Waals surface area contributed by atoms with Gasteiger partial charge in [0.1, 0.15) is 0 Å². The number of rotatable bonds is 2. The molecule has 100 valence electrons. The van der Waals surface area contributed by atoms with Crippen LogP contribution in [-0.4, -0.2) is 14.7 Å². The molecule has 0 spiro atoms. The van der Waals surface area contributed by atoms with Gasteiger partial charge in [0.15, 0.2) is 0 Å². The molecular formula is C12H10Br2N2O3. The van der Waals surface area contributed by atoms with Crippen LogP contribution in [0.2, 0.25) is 0 Å². The fourth-order valence-corrected chi connectivity index (χ4v) is 2.53. The largest absolute Gasteiger partial charge is 0.494 e. The minimum atomic E-state index is -0.682. The Labute approximate surface area is 125 Å². The van der Waals surface area contributed by atoms with Gasteiger partial charge in [-0.2, -0.15) is 0 Å². The van der Waals surface area contributed by atoms with Gasteiger partial charge in [0.25, 0.3) is 5.56 Å². The molecule has 0 unspecified atom stereocenters. The van der Waals surface area contributed by atoms with E-state index in [0.29, 0.717) is 16.6 Å². The van der Waals surface area contributed by atoms with Crippen molar-refractivity contribution < 1.29 is 5.11 Å². The summed E-state index contributed by atoms with van der Waals surface area (Å²) in [4.78, 5) is 25.7. The van der Waals surface area contributed by atoms with E-state index in [-0.39, 0.29) is 11.4 Å². The van der Waals surface area contributed by atoms with E-state index in [0.717, 1.165) is 9.04 Å². The molecule has 2 N–H and O–H groups in total. The van der Waals surface area contributed by atoms with E-state index in [1.54, 1.807) is 25.1 Å². The summed E-state index contributed by atoms with van der Waals surface area (Å²) in [5.74, 6) is -0.338. The summed E-state index contributed by atoms with van der Waals surface area (Å²) in [6.07, 6.45) is 0.326. The number of H-pyrrole nitrogens is 1. The Morgan fingerprint density at radius 2 is 2.00 bits per heavy atom. The van der Waals surface area contributed by atoms with Gasteiger partial charge in [0, 0.05) is 8.95 Å². The zero-order valence-corrected chi connectivity index (χ0v) is 13.1. The molecule has 0 aliphatic rings. The molecule has 0 aliphatic heterocycles. The predicted molar refractivity (Wildman–Crippen MR) is 79.1 cm³/mol. The SMILES string of the molecule is CCc1c(O)n(-c2cc(Br)ccc2Br)c(=O)[nH]c1=O. The smallest absolute Gasteiger partial charge is 0.335 e. The van der Waals surface area contributed by atoms with E-state index in [1.807, 2.05) is 0 Å². The molecule has 1 heterocycles. The maximum atomic E-state index is 11.9. The molecule has 0 atom stereocenters. The van der Waals surface area contributed by atoms with Crippen molar-refractivity contribution in [3.8, 4) is 11.6 Å². The highest BCUT2D eigenvalue weighted by Crippen LogP contribution is 2.27. The number of hydrogen-bond acceptors (Lipinski definition) is 3. The van der Waals surface area contributed by atoms with Crippen LogP contribution in [0, 0.1) is 0 Å². The lowest BCUT2D eigenvalue weighted by molar-refractivity contribution is 0.423. The van der Waals surface area contributed by atoms with Crippen LogP contribution in [-0.2, 0) is 6.42 Å². The Hall–Kier alpha value is -1.34. The van der Waals surface area contributed by atoms with Crippen LogP contribution in [0.15, 0.2) is 36.7 Å². The first-order chi connectivity index (χ1) is 8.95. The molecule has 0 radical (unpaired) electrons. The Balaban J connectivity index is 2.86. The zero-order valence-electron chi connectivity index (χ0n) is 9.91. The number of nitrogens with zero attached hydrogens (tertiary/aromatic N) is 1. The number of benzene rings is 1. The van der Waals surface area contributed by atoms with E-state index < -0.39 is 11.2 Å². The normalized spacial score (nSPS) is 10.7. The third-order valence-electron chi connectivity index (χ3n) is 2.68. The van der Waals surface area contributed by atoms with Gasteiger partial charge in [0.2, 0.25) is 5.88 Å². The molecule has 0 saturated heterocycles. The van der Waals surface area contributed by atoms with Crippen molar-refractivity contribution in [2.75, 3.05) is 0 Å². The third-order valence-corrected chi connectivity index (χ3v) is 3.85. The second kappa shape index (κ2) is 5.34. The Kier molecular flexibility index (Phi) is 3.96. The highest BCUT2D eigenvalue weighted by Gasteiger charge is 2.15. The monoisotopic (exact) mass is 388 g/mol. The summed E-state index contributed by atoms with van der Waals surface area (Å²) in [5.41, 5.74) is -0.625. The van der Waals surface area contributed by atoms with E-state index in [2.05, 4.69) is 36.8 Å². The molecule has 0 saturated carbocycles. The van der Waals surface area contributed by atoms with Crippen LogP contribution in [0.3, 0.4) is 0 Å². The van der Waals surface area contributed by atoms with Crippen LogP contribution in [0.1, 0.15) is 12.5 Å². The van der Waals surface area contributed by atoms with Crippen LogP contribution >= 0.6 is 31.9 Å². The summed E-state index contributed by atoms with van der Waals surface area (Å²) in [5, 5.41) is 10.1. The van der Waals surface area contributed by atoms with Gasteiger partial charge in [-0.3, -0.25) is 9.78 Å². The summed E-state index contributed by atoms with van der Waals surface area (Å²) in [6, 6.07) is 5.20. The summed E-state index contributed by atoms with van der Waals surface area (Å²) in [6.45, 7) is 1.73. The first kappa shape index (κ1) is 14.1. The van der Waals surface area contributed by atoms with E-state index >= 15 is 0 Å². The number of nitrogens with one attached hydrogen (secondary N) is 1. The van der Waals surface area contributed by atoms with Crippen molar-refractivity contribution in [3.63, 3.8) is 0 Å². The highest BCUT2D eigenvalue weighted by atomic mass is 79.9. The second-order valence-electron chi connectivity index (χ2n) is 3.85. The number of halogens is 2. The van der Waals surface area contributed by atoms with Gasteiger partial charge in [0.05, 0.1) is 11.3 Å². The van der Waals surface area contributed by atoms with Crippen LogP contribution < -0.4 is 11.2 Å². The lowest BCUT2D eigenvalue weighted by Gasteiger charge is -2.12. The minimum absolute atomic E-state index is 0.173. The molecule has 19 heavy (non-hydrogen) atoms. The minimum Gasteiger partial charge on any atom is -0.494 e. The van der Waals surface area contributed by atoms with Crippen molar-refractivity contribution in [2.45, 2.75) is 13.3 Å². The van der Waals surface area contributed by atoms with Crippen LogP contribution in [0.5, 0.6) is 5.88 Å². The van der Waals surface area contributed by atoms with Gasteiger partial charge < -0.3 is 5.11 Å². The molecule has 2 rings (SSSR count). The average Bonchev–Trinajstić information content (AvgIpc) is 2.33. The maximum absolute atomic E-state index is 11.9. The van der Waals surface area contributed by atoms with Gasteiger partial charge in [-0.1, -0.05) is 22.9 Å². The Morgan fingerprint density at radius 1 is 1.32 bits per heavy atom. The molecule has 1 aromatic carbocycles. The van der Waals surface area contributed by atoms with E-state index in [1.165, 1.54) is 0 Å². The van der Waals surface area contributed by atoms with Gasteiger partial charge in [-0.15, -0.1) is 0 Å². The number of aromatic hydroxyl groups is 1. The van der Waals surface area contributed by atoms with E-state index in [4.69, 9.17) is 0 Å². The summed E-state index contributed by atoms with van der Waals surface area (Å²) >= 11 is 6.62. The van der Waals surface area contributed by atoms with E-state index in [9.17, 15) is 14.7 Å². The molecule has 0 amide bonds. The first-order valence-corrected chi connectivity index (χ1v) is 7.07. The predicted octanol–water partition coefficient (Wildman–Crippen LogP) is 2.32. The van der Waals surface area contributed by atoms with Crippen molar-refractivity contribution in [1.29, 1.82) is 0 Å². The quantitative estimate of drug-likeness (QED) is 0.827. The Bertz CT molecular complexity index is 750. The molecule has 2 aromatic rings. The van der Waals surface area contributed by atoms with Crippen LogP contribution in [0.25, 0.3) is 5.69 Å². The lowest BCUT2D eigenvalue weighted by Crippen LogP contribution is -2.31. The molecule has 7 heteroatoms. The number of hydrogen-bond donors (Lipinski definition) is 2. The summed E-state index contributed by atoms with van der Waals surface area (Å²) < 4.78 is 2.44. The van der Waals surface area contributed by atoms with Gasteiger partial charge >= 0.3 is 5.69 Å². The molecule has 1 aromatic heterocycles. The number of aromatic nitrogens is 2. The lowest BCUT2D eigenvalue weighted by atomic mass is 10.2. The molecule has 0 fully saturated rings. The molecular weight excluding hydrogens is 380 g/mol. The number of aromatic amines is 1.